The minimum absolute atomic E-state index is 0.0550. The van der Waals surface area contributed by atoms with Crippen molar-refractivity contribution in [3.8, 4) is 17.0 Å². The van der Waals surface area contributed by atoms with Gasteiger partial charge < -0.3 is 10.1 Å². The third-order valence-electron chi connectivity index (χ3n) is 3.63. The highest BCUT2D eigenvalue weighted by Crippen LogP contribution is 2.26. The molecule has 0 aliphatic heterocycles. The van der Waals surface area contributed by atoms with E-state index in [2.05, 4.69) is 10.3 Å². The summed E-state index contributed by atoms with van der Waals surface area (Å²) in [4.78, 5) is 16.5. The summed E-state index contributed by atoms with van der Waals surface area (Å²) in [6.45, 7) is 0. The normalized spacial score (nSPS) is 11.2. The number of ether oxygens (including phenoxy) is 1. The van der Waals surface area contributed by atoms with Crippen molar-refractivity contribution >= 4 is 43.8 Å². The molecule has 1 amide bonds. The molecule has 0 atom stereocenters. The van der Waals surface area contributed by atoms with Crippen LogP contribution >= 0.6 is 22.9 Å². The first kappa shape index (κ1) is 19.3. The van der Waals surface area contributed by atoms with Gasteiger partial charge in [0.05, 0.1) is 17.7 Å². The first-order chi connectivity index (χ1) is 12.9. The van der Waals surface area contributed by atoms with Crippen molar-refractivity contribution in [1.29, 1.82) is 0 Å². The second kappa shape index (κ2) is 8.08. The lowest BCUT2D eigenvalue weighted by Crippen LogP contribution is -2.22. The van der Waals surface area contributed by atoms with E-state index in [1.54, 1.807) is 17.5 Å². The number of nitrogens with zero attached hydrogens (tertiary/aromatic N) is 1. The first-order valence-corrected chi connectivity index (χ1v) is 10.7. The minimum Gasteiger partial charge on any atom is -0.497 e. The van der Waals surface area contributed by atoms with Crippen LogP contribution in [0.4, 0.5) is 5.13 Å². The number of nitrogens with one attached hydrogen (secondary N) is 1. The molecule has 6 nitrogen and oxygen atoms in total. The van der Waals surface area contributed by atoms with E-state index in [1.165, 1.54) is 42.7 Å². The van der Waals surface area contributed by atoms with Crippen LogP contribution in [0.1, 0.15) is 0 Å². The molecular weight excluding hydrogens is 408 g/mol. The topological polar surface area (TPSA) is 85.4 Å². The standard InChI is InChI=1S/C18H15ClN2O4S2/c1-25-14-6-8-15(9-7-14)27(23,24)11-17(22)21-18-20-16(10-26-18)12-2-4-13(19)5-3-12/h2-10H,11H2,1H3,(H,20,21,22). The number of aromatic nitrogens is 1. The molecule has 0 aliphatic rings. The fourth-order valence-electron chi connectivity index (χ4n) is 2.28. The lowest BCUT2D eigenvalue weighted by Gasteiger charge is -2.05. The highest BCUT2D eigenvalue weighted by Gasteiger charge is 2.20. The van der Waals surface area contributed by atoms with Crippen LogP contribution in [-0.4, -0.2) is 32.2 Å². The summed E-state index contributed by atoms with van der Waals surface area (Å²) < 4.78 is 29.7. The summed E-state index contributed by atoms with van der Waals surface area (Å²) in [5, 5.41) is 5.25. The maximum absolute atomic E-state index is 12.4. The number of amides is 1. The van der Waals surface area contributed by atoms with Gasteiger partial charge in [-0.2, -0.15) is 0 Å². The van der Waals surface area contributed by atoms with Crippen LogP contribution < -0.4 is 10.1 Å². The van der Waals surface area contributed by atoms with Gasteiger partial charge in [0.15, 0.2) is 15.0 Å². The van der Waals surface area contributed by atoms with Gasteiger partial charge in [-0.25, -0.2) is 13.4 Å². The van der Waals surface area contributed by atoms with Crippen LogP contribution in [0, 0.1) is 0 Å². The monoisotopic (exact) mass is 422 g/mol. The van der Waals surface area contributed by atoms with E-state index in [0.717, 1.165) is 5.56 Å². The van der Waals surface area contributed by atoms with Crippen LogP contribution in [0.3, 0.4) is 0 Å². The number of anilines is 1. The average Bonchev–Trinajstić information content (AvgIpc) is 3.10. The molecule has 0 saturated heterocycles. The van der Waals surface area contributed by atoms with Crippen molar-refractivity contribution in [2.45, 2.75) is 4.90 Å². The highest BCUT2D eigenvalue weighted by molar-refractivity contribution is 7.92. The summed E-state index contributed by atoms with van der Waals surface area (Å²) in [5.41, 5.74) is 1.52. The Morgan fingerprint density at radius 3 is 2.44 bits per heavy atom. The Morgan fingerprint density at radius 2 is 1.81 bits per heavy atom. The Labute approximate surface area is 165 Å². The number of carbonyl (C=O) groups excluding carboxylic acids is 1. The van der Waals surface area contributed by atoms with E-state index < -0.39 is 21.5 Å². The lowest BCUT2D eigenvalue weighted by molar-refractivity contribution is -0.113. The molecule has 1 aromatic heterocycles. The summed E-state index contributed by atoms with van der Waals surface area (Å²) in [6, 6.07) is 13.0. The molecule has 3 aromatic rings. The van der Waals surface area contributed by atoms with Gasteiger partial charge in [0, 0.05) is 16.0 Å². The molecule has 0 spiro atoms. The van der Waals surface area contributed by atoms with Gasteiger partial charge in [0.25, 0.3) is 0 Å². The van der Waals surface area contributed by atoms with Gasteiger partial charge in [-0.1, -0.05) is 23.7 Å². The van der Waals surface area contributed by atoms with Crippen LogP contribution in [0.15, 0.2) is 58.8 Å². The lowest BCUT2D eigenvalue weighted by atomic mass is 10.2. The second-order valence-electron chi connectivity index (χ2n) is 5.53. The van der Waals surface area contributed by atoms with Gasteiger partial charge in [-0.15, -0.1) is 11.3 Å². The van der Waals surface area contributed by atoms with Gasteiger partial charge in [-0.05, 0) is 36.4 Å². The second-order valence-corrected chi connectivity index (χ2v) is 8.81. The molecule has 0 bridgehead atoms. The SMILES string of the molecule is COc1ccc(S(=O)(=O)CC(=O)Nc2nc(-c3ccc(Cl)cc3)cs2)cc1. The van der Waals surface area contributed by atoms with Crippen LogP contribution in [0.2, 0.25) is 5.02 Å². The van der Waals surface area contributed by atoms with Gasteiger partial charge in [0.1, 0.15) is 11.5 Å². The van der Waals surface area contributed by atoms with Crippen molar-refractivity contribution in [3.05, 3.63) is 58.9 Å². The number of carbonyl (C=O) groups is 1. The summed E-state index contributed by atoms with van der Waals surface area (Å²) in [6.07, 6.45) is 0. The Hall–Kier alpha value is -2.42. The van der Waals surface area contributed by atoms with Crippen molar-refractivity contribution in [1.82, 2.24) is 4.98 Å². The molecule has 140 valence electrons. The molecule has 1 heterocycles. The van der Waals surface area contributed by atoms with E-state index >= 15 is 0 Å². The van der Waals surface area contributed by atoms with E-state index in [-0.39, 0.29) is 4.90 Å². The molecule has 27 heavy (non-hydrogen) atoms. The zero-order valence-corrected chi connectivity index (χ0v) is 16.6. The van der Waals surface area contributed by atoms with E-state index in [1.807, 2.05) is 12.1 Å². The van der Waals surface area contributed by atoms with Crippen LogP contribution in [0.5, 0.6) is 5.75 Å². The smallest absolute Gasteiger partial charge is 0.241 e. The largest absolute Gasteiger partial charge is 0.497 e. The predicted octanol–water partition coefficient (Wildman–Crippen LogP) is 3.88. The molecule has 0 unspecified atom stereocenters. The third kappa shape index (κ3) is 4.85. The third-order valence-corrected chi connectivity index (χ3v) is 6.27. The Balaban J connectivity index is 1.67. The molecule has 0 saturated carbocycles. The molecule has 0 radical (unpaired) electrons. The fraction of sp³-hybridized carbons (Fsp3) is 0.111. The molecule has 1 N–H and O–H groups in total. The Morgan fingerprint density at radius 1 is 1.15 bits per heavy atom. The maximum atomic E-state index is 12.4. The number of benzene rings is 2. The number of hydrogen-bond donors (Lipinski definition) is 1. The maximum Gasteiger partial charge on any atom is 0.241 e. The number of rotatable bonds is 6. The average molecular weight is 423 g/mol. The molecule has 2 aromatic carbocycles. The number of thiazole rings is 1. The summed E-state index contributed by atoms with van der Waals surface area (Å²) in [5.74, 6) is -0.784. The number of sulfone groups is 1. The van der Waals surface area contributed by atoms with Crippen molar-refractivity contribution in [2.24, 2.45) is 0 Å². The fourth-order valence-corrected chi connectivity index (χ4v) is 4.28. The summed E-state index contributed by atoms with van der Waals surface area (Å²) in [7, 11) is -2.27. The predicted molar refractivity (Wildman–Crippen MR) is 106 cm³/mol. The molecule has 0 fully saturated rings. The van der Waals surface area contributed by atoms with E-state index in [0.29, 0.717) is 21.6 Å². The molecule has 3 rings (SSSR count). The molecular formula is C18H15ClN2O4S2. The van der Waals surface area contributed by atoms with E-state index in [9.17, 15) is 13.2 Å². The van der Waals surface area contributed by atoms with Crippen molar-refractivity contribution < 1.29 is 17.9 Å². The Bertz CT molecular complexity index is 1050. The minimum atomic E-state index is -3.76. The quantitative estimate of drug-likeness (QED) is 0.651. The Kier molecular flexibility index (Phi) is 5.79. The summed E-state index contributed by atoms with van der Waals surface area (Å²) >= 11 is 7.08. The zero-order chi connectivity index (χ0) is 19.4. The number of hydrogen-bond acceptors (Lipinski definition) is 6. The van der Waals surface area contributed by atoms with Gasteiger partial charge in [-0.3, -0.25) is 4.79 Å². The number of halogens is 1. The zero-order valence-electron chi connectivity index (χ0n) is 14.2. The van der Waals surface area contributed by atoms with E-state index in [4.69, 9.17) is 16.3 Å². The van der Waals surface area contributed by atoms with Crippen LogP contribution in [-0.2, 0) is 14.6 Å². The molecule has 9 heteroatoms. The molecule has 0 aliphatic carbocycles. The number of methoxy groups -OCH3 is 1. The van der Waals surface area contributed by atoms with Crippen LogP contribution in [0.25, 0.3) is 11.3 Å². The first-order valence-electron chi connectivity index (χ1n) is 7.75. The van der Waals surface area contributed by atoms with Crippen molar-refractivity contribution in [3.63, 3.8) is 0 Å². The van der Waals surface area contributed by atoms with Gasteiger partial charge in [0.2, 0.25) is 5.91 Å². The van der Waals surface area contributed by atoms with Crippen molar-refractivity contribution in [2.75, 3.05) is 18.2 Å². The highest BCUT2D eigenvalue weighted by atomic mass is 35.5. The van der Waals surface area contributed by atoms with Gasteiger partial charge >= 0.3 is 0 Å².